The van der Waals surface area contributed by atoms with E-state index in [1.807, 2.05) is 4.90 Å². The fourth-order valence-corrected chi connectivity index (χ4v) is 3.67. The molecule has 0 radical (unpaired) electrons. The number of aliphatic hydroxyl groups is 1. The van der Waals surface area contributed by atoms with Gasteiger partial charge in [0.05, 0.1) is 12.1 Å². The van der Waals surface area contributed by atoms with Gasteiger partial charge in [0.2, 0.25) is 5.91 Å². The zero-order valence-corrected chi connectivity index (χ0v) is 10.3. The summed E-state index contributed by atoms with van der Waals surface area (Å²) in [5.41, 5.74) is 0. The molecule has 0 spiro atoms. The van der Waals surface area contributed by atoms with Crippen LogP contribution in [0.3, 0.4) is 0 Å². The Labute approximate surface area is 102 Å². The zero-order chi connectivity index (χ0) is 11.8. The number of carbonyl (C=O) groups is 1. The van der Waals surface area contributed by atoms with Gasteiger partial charge in [0.1, 0.15) is 0 Å². The van der Waals surface area contributed by atoms with Gasteiger partial charge in [-0.3, -0.25) is 4.79 Å². The van der Waals surface area contributed by atoms with Crippen LogP contribution >= 0.6 is 0 Å². The maximum absolute atomic E-state index is 12.3. The topological polar surface area (TPSA) is 52.6 Å². The monoisotopic (exact) mass is 238 g/mol. The van der Waals surface area contributed by atoms with E-state index in [2.05, 4.69) is 5.32 Å². The average Bonchev–Trinajstić information content (AvgIpc) is 2.93. The van der Waals surface area contributed by atoms with Crippen LogP contribution < -0.4 is 5.32 Å². The Kier molecular flexibility index (Phi) is 3.09. The van der Waals surface area contributed by atoms with Crippen LogP contribution in [-0.4, -0.2) is 47.2 Å². The highest BCUT2D eigenvalue weighted by Crippen LogP contribution is 2.33. The molecule has 0 bridgehead atoms. The molecule has 96 valence electrons. The first-order chi connectivity index (χ1) is 8.24. The van der Waals surface area contributed by atoms with Gasteiger partial charge < -0.3 is 15.3 Å². The molecule has 3 fully saturated rings. The van der Waals surface area contributed by atoms with Crippen LogP contribution in [0.2, 0.25) is 0 Å². The quantitative estimate of drug-likeness (QED) is 0.699. The molecule has 17 heavy (non-hydrogen) atoms. The molecule has 1 amide bonds. The minimum atomic E-state index is -0.303. The van der Waals surface area contributed by atoms with Crippen molar-refractivity contribution in [3.05, 3.63) is 0 Å². The number of β-amino-alcohol motifs (C(OH)–C–C–N with tert-alkyl or cyclic N) is 1. The SMILES string of the molecule is O=C(C1CC2CCCCC2N1)N1CCC(O)C1. The second-order valence-electron chi connectivity index (χ2n) is 5.83. The Hall–Kier alpha value is -0.610. The van der Waals surface area contributed by atoms with Crippen molar-refractivity contribution in [2.45, 2.75) is 56.7 Å². The molecule has 3 rings (SSSR count). The highest BCUT2D eigenvalue weighted by Gasteiger charge is 2.40. The van der Waals surface area contributed by atoms with Gasteiger partial charge in [-0.05, 0) is 31.6 Å². The van der Waals surface area contributed by atoms with E-state index in [9.17, 15) is 9.90 Å². The lowest BCUT2D eigenvalue weighted by Crippen LogP contribution is -2.44. The molecule has 2 saturated heterocycles. The van der Waals surface area contributed by atoms with Crippen LogP contribution in [0.4, 0.5) is 0 Å². The van der Waals surface area contributed by atoms with E-state index in [4.69, 9.17) is 0 Å². The van der Waals surface area contributed by atoms with Gasteiger partial charge in [-0.25, -0.2) is 0 Å². The summed E-state index contributed by atoms with van der Waals surface area (Å²) in [6, 6.07) is 0.596. The van der Waals surface area contributed by atoms with Crippen LogP contribution in [0.5, 0.6) is 0 Å². The number of likely N-dealkylation sites (tertiary alicyclic amines) is 1. The van der Waals surface area contributed by atoms with E-state index in [-0.39, 0.29) is 18.1 Å². The van der Waals surface area contributed by atoms with Gasteiger partial charge in [0.15, 0.2) is 0 Å². The summed E-state index contributed by atoms with van der Waals surface area (Å²) in [6.07, 6.45) is 6.59. The van der Waals surface area contributed by atoms with Crippen molar-refractivity contribution in [3.63, 3.8) is 0 Å². The van der Waals surface area contributed by atoms with E-state index in [1.165, 1.54) is 25.7 Å². The Balaban J connectivity index is 1.60. The molecular formula is C13H22N2O2. The van der Waals surface area contributed by atoms with Gasteiger partial charge >= 0.3 is 0 Å². The van der Waals surface area contributed by atoms with Crippen LogP contribution in [-0.2, 0) is 4.79 Å². The Bertz CT molecular complexity index is 294. The molecule has 1 aliphatic carbocycles. The van der Waals surface area contributed by atoms with Crippen LogP contribution in [0, 0.1) is 5.92 Å². The summed E-state index contributed by atoms with van der Waals surface area (Å²) in [5, 5.41) is 13.0. The van der Waals surface area contributed by atoms with E-state index in [0.717, 1.165) is 19.4 Å². The van der Waals surface area contributed by atoms with Crippen molar-refractivity contribution in [1.29, 1.82) is 0 Å². The van der Waals surface area contributed by atoms with Crippen molar-refractivity contribution in [2.24, 2.45) is 5.92 Å². The number of amides is 1. The molecule has 4 nitrogen and oxygen atoms in total. The summed E-state index contributed by atoms with van der Waals surface area (Å²) in [5.74, 6) is 0.932. The predicted octanol–water partition coefficient (Wildman–Crippen LogP) is 0.500. The lowest BCUT2D eigenvalue weighted by Gasteiger charge is -2.24. The molecule has 4 unspecified atom stereocenters. The average molecular weight is 238 g/mol. The van der Waals surface area contributed by atoms with Gasteiger partial charge in [0.25, 0.3) is 0 Å². The molecule has 4 heteroatoms. The Morgan fingerprint density at radius 1 is 1.24 bits per heavy atom. The molecule has 2 N–H and O–H groups in total. The summed E-state index contributed by atoms with van der Waals surface area (Å²) < 4.78 is 0. The first-order valence-corrected chi connectivity index (χ1v) is 6.97. The second-order valence-corrected chi connectivity index (χ2v) is 5.83. The molecule has 1 saturated carbocycles. The number of aliphatic hydroxyl groups excluding tert-OH is 1. The predicted molar refractivity (Wildman–Crippen MR) is 64.5 cm³/mol. The molecule has 0 aromatic carbocycles. The normalized spacial score (nSPS) is 41.6. The van der Waals surface area contributed by atoms with Crippen LogP contribution in [0.1, 0.15) is 38.5 Å². The highest BCUT2D eigenvalue weighted by molar-refractivity contribution is 5.82. The standard InChI is InChI=1S/C13H22N2O2/c16-10-5-6-15(8-10)13(17)12-7-9-3-1-2-4-11(9)14-12/h9-12,14,16H,1-8H2. The molecule has 3 aliphatic rings. The third-order valence-corrected chi connectivity index (χ3v) is 4.64. The van der Waals surface area contributed by atoms with Gasteiger partial charge in [-0.15, -0.1) is 0 Å². The maximum Gasteiger partial charge on any atom is 0.239 e. The minimum absolute atomic E-state index is 0.0217. The number of carbonyl (C=O) groups excluding carboxylic acids is 1. The Morgan fingerprint density at radius 2 is 2.06 bits per heavy atom. The third kappa shape index (κ3) is 2.20. The molecule has 4 atom stereocenters. The van der Waals surface area contributed by atoms with Crippen LogP contribution in [0.15, 0.2) is 0 Å². The van der Waals surface area contributed by atoms with Crippen molar-refractivity contribution in [1.82, 2.24) is 10.2 Å². The van der Waals surface area contributed by atoms with Crippen molar-refractivity contribution >= 4 is 5.91 Å². The van der Waals surface area contributed by atoms with E-state index in [1.54, 1.807) is 0 Å². The largest absolute Gasteiger partial charge is 0.391 e. The fraction of sp³-hybridized carbons (Fsp3) is 0.923. The Morgan fingerprint density at radius 3 is 2.76 bits per heavy atom. The van der Waals surface area contributed by atoms with Crippen LogP contribution in [0.25, 0.3) is 0 Å². The van der Waals surface area contributed by atoms with E-state index >= 15 is 0 Å². The van der Waals surface area contributed by atoms with Crippen molar-refractivity contribution < 1.29 is 9.90 Å². The molecule has 0 aromatic rings. The van der Waals surface area contributed by atoms with Crippen molar-refractivity contribution in [2.75, 3.05) is 13.1 Å². The summed E-state index contributed by atoms with van der Waals surface area (Å²) in [6.45, 7) is 1.26. The lowest BCUT2D eigenvalue weighted by molar-refractivity contribution is -0.132. The maximum atomic E-state index is 12.3. The first kappa shape index (κ1) is 11.5. The molecule has 2 aliphatic heterocycles. The van der Waals surface area contributed by atoms with Gasteiger partial charge in [-0.2, -0.15) is 0 Å². The van der Waals surface area contributed by atoms with E-state index in [0.29, 0.717) is 18.5 Å². The first-order valence-electron chi connectivity index (χ1n) is 6.97. The number of hydrogen-bond donors (Lipinski definition) is 2. The summed E-state index contributed by atoms with van der Waals surface area (Å²) >= 11 is 0. The number of nitrogens with one attached hydrogen (secondary N) is 1. The minimum Gasteiger partial charge on any atom is -0.391 e. The highest BCUT2D eigenvalue weighted by atomic mass is 16.3. The van der Waals surface area contributed by atoms with Gasteiger partial charge in [0, 0.05) is 19.1 Å². The smallest absolute Gasteiger partial charge is 0.239 e. The number of nitrogens with zero attached hydrogens (tertiary/aromatic N) is 1. The van der Waals surface area contributed by atoms with Crippen molar-refractivity contribution in [3.8, 4) is 0 Å². The molecule has 0 aromatic heterocycles. The number of fused-ring (bicyclic) bond motifs is 1. The second kappa shape index (κ2) is 4.58. The summed E-state index contributed by atoms with van der Waals surface area (Å²) in [7, 11) is 0. The molecular weight excluding hydrogens is 216 g/mol. The van der Waals surface area contributed by atoms with E-state index < -0.39 is 0 Å². The summed E-state index contributed by atoms with van der Waals surface area (Å²) in [4.78, 5) is 14.1. The number of rotatable bonds is 1. The zero-order valence-electron chi connectivity index (χ0n) is 10.3. The third-order valence-electron chi connectivity index (χ3n) is 4.64. The lowest BCUT2D eigenvalue weighted by atomic mass is 9.85. The number of hydrogen-bond acceptors (Lipinski definition) is 3. The molecule has 2 heterocycles. The fourth-order valence-electron chi connectivity index (χ4n) is 3.67. The van der Waals surface area contributed by atoms with Gasteiger partial charge in [-0.1, -0.05) is 12.8 Å².